The minimum atomic E-state index is -4.30. The molecular formula is C29H24ClF3N4O2. The van der Waals surface area contributed by atoms with Gasteiger partial charge in [-0.2, -0.15) is 18.4 Å². The van der Waals surface area contributed by atoms with Crippen LogP contribution in [0.1, 0.15) is 41.6 Å². The second-order valence-corrected chi connectivity index (χ2v) is 10.2. The minimum absolute atomic E-state index is 0.0652. The Labute approximate surface area is 228 Å². The highest BCUT2D eigenvalue weighted by Crippen LogP contribution is 2.48. The number of fused-ring (bicyclic) bond motifs is 1. The van der Waals surface area contributed by atoms with E-state index in [4.69, 9.17) is 16.3 Å². The van der Waals surface area contributed by atoms with E-state index in [-0.39, 0.29) is 18.7 Å². The minimum Gasteiger partial charge on any atom is -0.456 e. The molecule has 200 valence electrons. The molecule has 1 aliphatic carbocycles. The molecule has 0 amide bonds. The van der Waals surface area contributed by atoms with Crippen molar-refractivity contribution in [3.63, 3.8) is 0 Å². The summed E-state index contributed by atoms with van der Waals surface area (Å²) in [5.41, 5.74) is 3.02. The highest BCUT2D eigenvalue weighted by Gasteiger charge is 2.45. The average molecular weight is 553 g/mol. The first-order valence-electron chi connectivity index (χ1n) is 12.4. The number of hydrogen-bond donors (Lipinski definition) is 1. The maximum atomic E-state index is 12.9. The number of carbonyl (C=O) groups excluding carboxylic acids is 1. The number of anilines is 1. The number of pyridine rings is 1. The molecule has 2 heterocycles. The van der Waals surface area contributed by atoms with Gasteiger partial charge in [0.25, 0.3) is 0 Å². The summed E-state index contributed by atoms with van der Waals surface area (Å²) >= 11 is 6.08. The largest absolute Gasteiger partial charge is 0.456 e. The van der Waals surface area contributed by atoms with E-state index in [0.29, 0.717) is 39.1 Å². The van der Waals surface area contributed by atoms with E-state index >= 15 is 0 Å². The number of nitriles is 1. The van der Waals surface area contributed by atoms with Crippen LogP contribution < -0.4 is 10.1 Å². The third-order valence-corrected chi connectivity index (χ3v) is 6.98. The van der Waals surface area contributed by atoms with Crippen LogP contribution in [0.5, 0.6) is 11.5 Å². The molecule has 2 aromatic heterocycles. The summed E-state index contributed by atoms with van der Waals surface area (Å²) in [4.78, 5) is 17.3. The number of nitrogens with zero attached hydrogens (tertiary/aromatic N) is 3. The molecule has 0 bridgehead atoms. The Morgan fingerprint density at radius 1 is 1.21 bits per heavy atom. The molecule has 5 rings (SSSR count). The number of benzene rings is 2. The highest BCUT2D eigenvalue weighted by molar-refractivity contribution is 6.30. The van der Waals surface area contributed by atoms with Gasteiger partial charge in [-0.1, -0.05) is 29.8 Å². The third kappa shape index (κ3) is 6.02. The third-order valence-electron chi connectivity index (χ3n) is 6.75. The van der Waals surface area contributed by atoms with E-state index in [1.165, 1.54) is 0 Å². The Bertz CT molecular complexity index is 1600. The van der Waals surface area contributed by atoms with E-state index in [1.54, 1.807) is 59.3 Å². The Kier molecular flexibility index (Phi) is 7.00. The molecule has 1 fully saturated rings. The van der Waals surface area contributed by atoms with Crippen molar-refractivity contribution in [2.24, 2.45) is 5.41 Å². The Balaban J connectivity index is 1.50. The molecule has 4 aromatic rings. The first-order chi connectivity index (χ1) is 18.6. The summed E-state index contributed by atoms with van der Waals surface area (Å²) in [6.45, 7) is 1.51. The van der Waals surface area contributed by atoms with Crippen LogP contribution in [0.3, 0.4) is 0 Å². The Morgan fingerprint density at radius 2 is 2.00 bits per heavy atom. The molecule has 1 N–H and O–H groups in total. The molecule has 6 nitrogen and oxygen atoms in total. The normalized spacial score (nSPS) is 14.2. The van der Waals surface area contributed by atoms with E-state index in [2.05, 4.69) is 16.4 Å². The van der Waals surface area contributed by atoms with Crippen LogP contribution in [0.4, 0.5) is 18.9 Å². The van der Waals surface area contributed by atoms with Gasteiger partial charge in [-0.3, -0.25) is 9.20 Å². The number of halogens is 4. The molecule has 0 spiro atoms. The van der Waals surface area contributed by atoms with Gasteiger partial charge in [-0.25, -0.2) is 4.98 Å². The number of hydrogen-bond acceptors (Lipinski definition) is 5. The Hall–Kier alpha value is -4.03. The van der Waals surface area contributed by atoms with Gasteiger partial charge < -0.3 is 10.1 Å². The van der Waals surface area contributed by atoms with E-state index in [0.717, 1.165) is 24.0 Å². The molecule has 1 saturated carbocycles. The molecular weight excluding hydrogens is 529 g/mol. The number of aryl methyl sites for hydroxylation is 1. The average Bonchev–Trinajstić information content (AvgIpc) is 3.51. The lowest BCUT2D eigenvalue weighted by atomic mass is 9.93. The summed E-state index contributed by atoms with van der Waals surface area (Å²) in [7, 11) is 0. The first-order valence-corrected chi connectivity index (χ1v) is 12.7. The van der Waals surface area contributed by atoms with Crippen LogP contribution in [0.2, 0.25) is 5.02 Å². The standard InChI is InChI=1S/C29H24ClF3N4O2/c1-18-11-19(5-6-23(18)26(38)14-28(17-34)7-8-28)25-15-36-27-24(35-10-9-29(31,32)33)13-22(16-37(25)27)39-21-4-2-3-20(30)12-21/h2-6,11-13,15-16,35H,7-10,14H2,1H3. The smallest absolute Gasteiger partial charge is 0.390 e. The van der Waals surface area contributed by atoms with Crippen molar-refractivity contribution in [2.75, 3.05) is 11.9 Å². The van der Waals surface area contributed by atoms with E-state index < -0.39 is 18.0 Å². The van der Waals surface area contributed by atoms with Crippen molar-refractivity contribution < 1.29 is 22.7 Å². The summed E-state index contributed by atoms with van der Waals surface area (Å²) < 4.78 is 46.1. The molecule has 10 heteroatoms. The summed E-state index contributed by atoms with van der Waals surface area (Å²) in [6.07, 6.45) is -0.295. The van der Waals surface area contributed by atoms with Crippen LogP contribution >= 0.6 is 11.6 Å². The molecule has 39 heavy (non-hydrogen) atoms. The highest BCUT2D eigenvalue weighted by atomic mass is 35.5. The zero-order valence-electron chi connectivity index (χ0n) is 21.0. The number of ketones is 1. The van der Waals surface area contributed by atoms with Crippen LogP contribution in [0, 0.1) is 23.7 Å². The van der Waals surface area contributed by atoms with Crippen molar-refractivity contribution in [3.8, 4) is 28.8 Å². The predicted octanol–water partition coefficient (Wildman–Crippen LogP) is 8.00. The molecule has 1 aliphatic rings. The van der Waals surface area contributed by atoms with Crippen molar-refractivity contribution in [1.29, 1.82) is 5.26 Å². The number of nitrogens with one attached hydrogen (secondary N) is 1. The van der Waals surface area contributed by atoms with E-state index in [9.17, 15) is 23.2 Å². The van der Waals surface area contributed by atoms with Gasteiger partial charge in [0.1, 0.15) is 11.5 Å². The zero-order valence-corrected chi connectivity index (χ0v) is 21.7. The Morgan fingerprint density at radius 3 is 2.67 bits per heavy atom. The fourth-order valence-electron chi connectivity index (χ4n) is 4.48. The number of ether oxygens (including phenoxy) is 1. The number of carbonyl (C=O) groups is 1. The van der Waals surface area contributed by atoms with Gasteiger partial charge in [0.05, 0.1) is 41.7 Å². The maximum absolute atomic E-state index is 12.9. The molecule has 0 aliphatic heterocycles. The molecule has 0 saturated heterocycles. The lowest BCUT2D eigenvalue weighted by molar-refractivity contribution is -0.131. The van der Waals surface area contributed by atoms with Crippen molar-refractivity contribution in [3.05, 3.63) is 77.1 Å². The number of imidazole rings is 1. The molecule has 2 aromatic carbocycles. The number of aromatic nitrogens is 2. The zero-order chi connectivity index (χ0) is 27.8. The number of alkyl halides is 3. The second-order valence-electron chi connectivity index (χ2n) is 9.80. The van der Waals surface area contributed by atoms with Crippen LogP contribution in [0.15, 0.2) is 60.9 Å². The molecule has 0 radical (unpaired) electrons. The van der Waals surface area contributed by atoms with Gasteiger partial charge in [-0.05, 0) is 49.6 Å². The van der Waals surface area contributed by atoms with Gasteiger partial charge in [0.2, 0.25) is 0 Å². The first kappa shape index (κ1) is 26.6. The van der Waals surface area contributed by atoms with Crippen LogP contribution in [-0.2, 0) is 0 Å². The van der Waals surface area contributed by atoms with Gasteiger partial charge >= 0.3 is 6.18 Å². The number of Topliss-reactive ketones (excluding diaryl/α,β-unsaturated/α-hetero) is 1. The van der Waals surface area contributed by atoms with E-state index in [1.807, 2.05) is 13.0 Å². The lowest BCUT2D eigenvalue weighted by Crippen LogP contribution is -2.15. The fraction of sp³-hybridized carbons (Fsp3) is 0.276. The number of rotatable bonds is 9. The summed E-state index contributed by atoms with van der Waals surface area (Å²) in [5, 5.41) is 12.7. The summed E-state index contributed by atoms with van der Waals surface area (Å²) in [5.74, 6) is 0.771. The van der Waals surface area contributed by atoms with Gasteiger partial charge in [0, 0.05) is 35.2 Å². The van der Waals surface area contributed by atoms with Crippen LogP contribution in [0.25, 0.3) is 16.9 Å². The molecule has 0 unspecified atom stereocenters. The topological polar surface area (TPSA) is 79.4 Å². The quantitative estimate of drug-likeness (QED) is 0.213. The summed E-state index contributed by atoms with van der Waals surface area (Å²) in [6, 6.07) is 16.1. The van der Waals surface area contributed by atoms with Crippen molar-refractivity contribution >= 4 is 28.7 Å². The lowest BCUT2D eigenvalue weighted by Gasteiger charge is -2.14. The predicted molar refractivity (Wildman–Crippen MR) is 142 cm³/mol. The van der Waals surface area contributed by atoms with Crippen molar-refractivity contribution in [2.45, 2.75) is 38.8 Å². The monoisotopic (exact) mass is 552 g/mol. The van der Waals surface area contributed by atoms with Crippen LogP contribution in [-0.4, -0.2) is 27.9 Å². The van der Waals surface area contributed by atoms with Gasteiger partial charge in [-0.15, -0.1) is 0 Å². The van der Waals surface area contributed by atoms with Gasteiger partial charge in [0.15, 0.2) is 11.4 Å². The second kappa shape index (κ2) is 10.3. The fourth-order valence-corrected chi connectivity index (χ4v) is 4.66. The molecule has 0 atom stereocenters. The van der Waals surface area contributed by atoms with Crippen molar-refractivity contribution in [1.82, 2.24) is 9.38 Å². The SMILES string of the molecule is Cc1cc(-c2cnc3c(NCCC(F)(F)F)cc(Oc4cccc(Cl)c4)cn23)ccc1C(=O)CC1(C#N)CC1. The maximum Gasteiger partial charge on any atom is 0.390 e.